The Morgan fingerprint density at radius 1 is 1.00 bits per heavy atom. The van der Waals surface area contributed by atoms with Crippen LogP contribution in [-0.2, 0) is 0 Å². The summed E-state index contributed by atoms with van der Waals surface area (Å²) in [4.78, 5) is 17.2. The lowest BCUT2D eigenvalue weighted by molar-refractivity contribution is 1.13. The fraction of sp³-hybridized carbons (Fsp3) is 0. The van der Waals surface area contributed by atoms with Crippen molar-refractivity contribution in [1.29, 1.82) is 5.26 Å². The molecule has 0 amide bonds. The largest absolute Gasteiger partial charge is 0.307 e. The maximum atomic E-state index is 8.96. The van der Waals surface area contributed by atoms with Crippen LogP contribution in [-0.4, -0.2) is 19.9 Å². The van der Waals surface area contributed by atoms with Crippen LogP contribution in [0.2, 0.25) is 10.0 Å². The number of fused-ring (bicyclic) bond motifs is 1. The van der Waals surface area contributed by atoms with Crippen LogP contribution >= 0.6 is 34.5 Å². The van der Waals surface area contributed by atoms with Crippen LogP contribution < -0.4 is 5.32 Å². The summed E-state index contributed by atoms with van der Waals surface area (Å²) in [6, 6.07) is 10.6. The molecule has 0 aliphatic carbocycles. The lowest BCUT2D eigenvalue weighted by Crippen LogP contribution is -1.99. The molecule has 0 radical (unpaired) electrons. The van der Waals surface area contributed by atoms with E-state index in [1.54, 1.807) is 30.5 Å². The molecule has 6 nitrogen and oxygen atoms in total. The molecule has 9 heteroatoms. The molecule has 1 aromatic carbocycles. The van der Waals surface area contributed by atoms with E-state index in [4.69, 9.17) is 28.5 Å². The van der Waals surface area contributed by atoms with E-state index in [0.29, 0.717) is 26.4 Å². The molecule has 0 aliphatic heterocycles. The summed E-state index contributed by atoms with van der Waals surface area (Å²) in [6.45, 7) is 0. The smallest absolute Gasteiger partial charge is 0.229 e. The fourth-order valence-electron chi connectivity index (χ4n) is 2.34. The number of pyridine rings is 1. The molecule has 4 rings (SSSR count). The van der Waals surface area contributed by atoms with Gasteiger partial charge in [-0.1, -0.05) is 29.3 Å². The summed E-state index contributed by atoms with van der Waals surface area (Å²) in [7, 11) is 0. The zero-order valence-electron chi connectivity index (χ0n) is 12.9. The summed E-state index contributed by atoms with van der Waals surface area (Å²) in [5, 5.41) is 13.8. The zero-order valence-corrected chi connectivity index (χ0v) is 15.3. The summed E-state index contributed by atoms with van der Waals surface area (Å²) in [6.07, 6.45) is 3.14. The maximum Gasteiger partial charge on any atom is 0.229 e. The second-order valence-electron chi connectivity index (χ2n) is 5.13. The van der Waals surface area contributed by atoms with Crippen LogP contribution in [0.3, 0.4) is 0 Å². The monoisotopic (exact) mass is 398 g/mol. The van der Waals surface area contributed by atoms with E-state index in [2.05, 4.69) is 25.3 Å². The predicted octanol–water partition coefficient (Wildman–Crippen LogP) is 5.07. The average Bonchev–Trinajstić information content (AvgIpc) is 3.06. The van der Waals surface area contributed by atoms with Crippen molar-refractivity contribution in [2.75, 3.05) is 5.32 Å². The summed E-state index contributed by atoms with van der Waals surface area (Å²) in [5.41, 5.74) is 1.70. The highest BCUT2D eigenvalue weighted by molar-refractivity contribution is 7.22. The fourth-order valence-corrected chi connectivity index (χ4v) is 4.11. The van der Waals surface area contributed by atoms with Gasteiger partial charge >= 0.3 is 0 Å². The lowest BCUT2D eigenvalue weighted by atomic mass is 10.2. The van der Waals surface area contributed by atoms with Crippen molar-refractivity contribution in [3.8, 4) is 16.6 Å². The van der Waals surface area contributed by atoms with Gasteiger partial charge < -0.3 is 5.32 Å². The van der Waals surface area contributed by atoms with Gasteiger partial charge in [0.2, 0.25) is 5.95 Å². The third-order valence-electron chi connectivity index (χ3n) is 3.48. The van der Waals surface area contributed by atoms with Gasteiger partial charge in [0.05, 0.1) is 20.3 Å². The third kappa shape index (κ3) is 3.06. The number of benzene rings is 1. The molecule has 26 heavy (non-hydrogen) atoms. The second-order valence-corrected chi connectivity index (χ2v) is 6.94. The minimum absolute atomic E-state index is 0.266. The molecular formula is C17H8Cl2N6S. The Bertz CT molecular complexity index is 1150. The maximum absolute atomic E-state index is 8.96. The highest BCUT2D eigenvalue weighted by atomic mass is 35.5. The molecule has 0 fully saturated rings. The molecule has 0 unspecified atom stereocenters. The number of nitriles is 1. The molecule has 0 spiro atoms. The van der Waals surface area contributed by atoms with E-state index >= 15 is 0 Å². The van der Waals surface area contributed by atoms with E-state index in [1.807, 2.05) is 6.07 Å². The van der Waals surface area contributed by atoms with Gasteiger partial charge in [0.15, 0.2) is 5.82 Å². The molecule has 126 valence electrons. The molecule has 3 heterocycles. The molecule has 3 aromatic heterocycles. The van der Waals surface area contributed by atoms with Crippen molar-refractivity contribution in [1.82, 2.24) is 19.9 Å². The van der Waals surface area contributed by atoms with Crippen LogP contribution in [0.15, 0.2) is 42.7 Å². The van der Waals surface area contributed by atoms with Gasteiger partial charge in [-0.15, -0.1) is 11.3 Å². The van der Waals surface area contributed by atoms with Crippen molar-refractivity contribution in [2.24, 2.45) is 0 Å². The molecular weight excluding hydrogens is 391 g/mol. The van der Waals surface area contributed by atoms with Crippen LogP contribution in [0.4, 0.5) is 11.8 Å². The first-order chi connectivity index (χ1) is 12.7. The van der Waals surface area contributed by atoms with E-state index < -0.39 is 0 Å². The standard InChI is InChI=1S/C17H8Cl2N6S/c18-10-2-1-3-11(19)13(10)16-24-12-5-7-21-15(14(12)26-16)25-17-22-6-4-9(8-20)23-17/h1-7H,(H,21,22,23,25). The topological polar surface area (TPSA) is 87.4 Å². The van der Waals surface area contributed by atoms with Crippen molar-refractivity contribution < 1.29 is 0 Å². The van der Waals surface area contributed by atoms with E-state index in [0.717, 1.165) is 10.2 Å². The summed E-state index contributed by atoms with van der Waals surface area (Å²) >= 11 is 14.0. The minimum Gasteiger partial charge on any atom is -0.307 e. The Labute approximate surface area is 162 Å². The Balaban J connectivity index is 1.80. The normalized spacial score (nSPS) is 10.7. The molecule has 0 bridgehead atoms. The molecule has 1 N–H and O–H groups in total. The van der Waals surface area contributed by atoms with Gasteiger partial charge in [-0.25, -0.2) is 19.9 Å². The van der Waals surface area contributed by atoms with Gasteiger partial charge in [-0.3, -0.25) is 0 Å². The van der Waals surface area contributed by atoms with Crippen molar-refractivity contribution in [3.63, 3.8) is 0 Å². The first kappa shape index (κ1) is 16.7. The van der Waals surface area contributed by atoms with Crippen molar-refractivity contribution >= 4 is 56.5 Å². The van der Waals surface area contributed by atoms with E-state index in [-0.39, 0.29) is 11.6 Å². The van der Waals surface area contributed by atoms with E-state index in [1.165, 1.54) is 23.6 Å². The molecule has 4 aromatic rings. The Morgan fingerprint density at radius 2 is 1.77 bits per heavy atom. The van der Waals surface area contributed by atoms with Gasteiger partial charge in [0.25, 0.3) is 0 Å². The quantitative estimate of drug-likeness (QED) is 0.518. The van der Waals surface area contributed by atoms with Crippen LogP contribution in [0, 0.1) is 11.3 Å². The van der Waals surface area contributed by atoms with Crippen LogP contribution in [0.1, 0.15) is 5.69 Å². The highest BCUT2D eigenvalue weighted by Gasteiger charge is 2.16. The predicted molar refractivity (Wildman–Crippen MR) is 103 cm³/mol. The van der Waals surface area contributed by atoms with Crippen molar-refractivity contribution in [2.45, 2.75) is 0 Å². The summed E-state index contributed by atoms with van der Waals surface area (Å²) < 4.78 is 0.810. The number of nitrogens with zero attached hydrogens (tertiary/aromatic N) is 5. The van der Waals surface area contributed by atoms with Gasteiger partial charge in [0, 0.05) is 18.0 Å². The number of rotatable bonds is 3. The van der Waals surface area contributed by atoms with Gasteiger partial charge in [0.1, 0.15) is 16.8 Å². The number of hydrogen-bond donors (Lipinski definition) is 1. The number of nitrogens with one attached hydrogen (secondary N) is 1. The van der Waals surface area contributed by atoms with Crippen molar-refractivity contribution in [3.05, 3.63) is 58.5 Å². The van der Waals surface area contributed by atoms with Crippen LogP contribution in [0.5, 0.6) is 0 Å². The SMILES string of the molecule is N#Cc1ccnc(Nc2nccc3nc(-c4c(Cl)cccc4Cl)sc23)n1. The molecule has 0 saturated heterocycles. The Hall–Kier alpha value is -2.79. The number of thiazole rings is 1. The van der Waals surface area contributed by atoms with Crippen LogP contribution in [0.25, 0.3) is 20.8 Å². The van der Waals surface area contributed by atoms with E-state index in [9.17, 15) is 0 Å². The van der Waals surface area contributed by atoms with Gasteiger partial charge in [-0.05, 0) is 24.3 Å². The minimum atomic E-state index is 0.266. The lowest BCUT2D eigenvalue weighted by Gasteiger charge is -2.04. The third-order valence-corrected chi connectivity index (χ3v) is 5.21. The molecule has 0 aliphatic rings. The first-order valence-electron chi connectivity index (χ1n) is 7.36. The second kappa shape index (κ2) is 6.84. The average molecular weight is 399 g/mol. The zero-order chi connectivity index (χ0) is 18.1. The number of halogens is 2. The number of anilines is 2. The number of aromatic nitrogens is 4. The van der Waals surface area contributed by atoms with Gasteiger partial charge in [-0.2, -0.15) is 5.26 Å². The molecule has 0 atom stereocenters. The highest BCUT2D eigenvalue weighted by Crippen LogP contribution is 2.40. The Morgan fingerprint density at radius 3 is 2.54 bits per heavy atom. The first-order valence-corrected chi connectivity index (χ1v) is 8.93. The summed E-state index contributed by atoms with van der Waals surface area (Å²) in [5.74, 6) is 0.833. The molecule has 0 saturated carbocycles. The number of hydrogen-bond acceptors (Lipinski definition) is 7. The Kier molecular flexibility index (Phi) is 4.39.